The lowest BCUT2D eigenvalue weighted by molar-refractivity contribution is 0.236. The summed E-state index contributed by atoms with van der Waals surface area (Å²) in [7, 11) is 0. The van der Waals surface area contributed by atoms with Gasteiger partial charge in [0.15, 0.2) is 0 Å². The first-order valence-electron chi connectivity index (χ1n) is 7.51. The molecule has 0 aromatic heterocycles. The summed E-state index contributed by atoms with van der Waals surface area (Å²) in [5, 5.41) is 6.29. The van der Waals surface area contributed by atoms with E-state index in [1.54, 1.807) is 6.07 Å². The van der Waals surface area contributed by atoms with E-state index in [1.807, 2.05) is 50.2 Å². The van der Waals surface area contributed by atoms with E-state index in [-0.39, 0.29) is 6.03 Å². The Morgan fingerprint density at radius 1 is 1.13 bits per heavy atom. The van der Waals surface area contributed by atoms with Crippen LogP contribution in [0.25, 0.3) is 0 Å². The fourth-order valence-electron chi connectivity index (χ4n) is 2.11. The van der Waals surface area contributed by atoms with Crippen molar-refractivity contribution in [1.82, 2.24) is 10.6 Å². The Kier molecular flexibility index (Phi) is 6.29. The lowest BCUT2D eigenvalue weighted by Gasteiger charge is -2.10. The van der Waals surface area contributed by atoms with Crippen LogP contribution >= 0.6 is 11.6 Å². The summed E-state index contributed by atoms with van der Waals surface area (Å²) in [6.07, 6.45) is 0. The third kappa shape index (κ3) is 5.83. The molecule has 0 heterocycles. The summed E-state index contributed by atoms with van der Waals surface area (Å²) in [5.74, 6) is 0.744. The van der Waals surface area contributed by atoms with Gasteiger partial charge in [0.2, 0.25) is 0 Å². The molecule has 0 saturated heterocycles. The van der Waals surface area contributed by atoms with E-state index in [1.165, 1.54) is 5.56 Å². The van der Waals surface area contributed by atoms with Crippen molar-refractivity contribution in [2.45, 2.75) is 20.4 Å². The first-order valence-corrected chi connectivity index (χ1v) is 7.88. The quantitative estimate of drug-likeness (QED) is 0.790. The van der Waals surface area contributed by atoms with Crippen molar-refractivity contribution in [3.8, 4) is 5.75 Å². The Morgan fingerprint density at radius 2 is 1.96 bits per heavy atom. The van der Waals surface area contributed by atoms with Crippen LogP contribution < -0.4 is 15.4 Å². The van der Waals surface area contributed by atoms with Crippen LogP contribution in [-0.2, 0) is 6.54 Å². The highest BCUT2D eigenvalue weighted by molar-refractivity contribution is 6.31. The van der Waals surface area contributed by atoms with Crippen LogP contribution in [0.5, 0.6) is 5.75 Å². The van der Waals surface area contributed by atoms with Gasteiger partial charge in [0.1, 0.15) is 12.4 Å². The van der Waals surface area contributed by atoms with E-state index in [4.69, 9.17) is 16.3 Å². The summed E-state index contributed by atoms with van der Waals surface area (Å²) < 4.78 is 5.57. The van der Waals surface area contributed by atoms with Gasteiger partial charge in [0.25, 0.3) is 0 Å². The van der Waals surface area contributed by atoms with Crippen molar-refractivity contribution in [3.05, 3.63) is 64.2 Å². The maximum absolute atomic E-state index is 11.7. The molecule has 0 radical (unpaired) electrons. The molecule has 0 fully saturated rings. The van der Waals surface area contributed by atoms with Crippen LogP contribution in [0.4, 0.5) is 4.79 Å². The van der Waals surface area contributed by atoms with E-state index in [9.17, 15) is 4.79 Å². The number of amides is 2. The minimum Gasteiger partial charge on any atom is -0.492 e. The Hall–Kier alpha value is -2.20. The topological polar surface area (TPSA) is 50.4 Å². The van der Waals surface area contributed by atoms with Gasteiger partial charge in [-0.1, -0.05) is 41.4 Å². The maximum Gasteiger partial charge on any atom is 0.315 e. The zero-order valence-electron chi connectivity index (χ0n) is 13.4. The smallest absolute Gasteiger partial charge is 0.315 e. The van der Waals surface area contributed by atoms with Crippen LogP contribution in [0.15, 0.2) is 42.5 Å². The van der Waals surface area contributed by atoms with E-state index in [0.717, 1.165) is 16.9 Å². The lowest BCUT2D eigenvalue weighted by Crippen LogP contribution is -2.37. The third-order valence-electron chi connectivity index (χ3n) is 3.32. The molecular weight excluding hydrogens is 312 g/mol. The van der Waals surface area contributed by atoms with Crippen molar-refractivity contribution < 1.29 is 9.53 Å². The summed E-state index contributed by atoms with van der Waals surface area (Å²) in [4.78, 5) is 11.7. The maximum atomic E-state index is 11.7. The minimum absolute atomic E-state index is 0.206. The van der Waals surface area contributed by atoms with Gasteiger partial charge in [-0.25, -0.2) is 4.79 Å². The molecule has 2 aromatic rings. The lowest BCUT2D eigenvalue weighted by atomic mass is 10.1. The largest absolute Gasteiger partial charge is 0.492 e. The van der Waals surface area contributed by atoms with E-state index < -0.39 is 0 Å². The highest BCUT2D eigenvalue weighted by atomic mass is 35.5. The van der Waals surface area contributed by atoms with Crippen molar-refractivity contribution in [1.29, 1.82) is 0 Å². The molecule has 0 saturated carbocycles. The second-order valence-electron chi connectivity index (χ2n) is 5.36. The van der Waals surface area contributed by atoms with Crippen LogP contribution in [0.3, 0.4) is 0 Å². The molecule has 0 aliphatic carbocycles. The molecule has 0 aliphatic heterocycles. The Balaban J connectivity index is 1.65. The summed E-state index contributed by atoms with van der Waals surface area (Å²) in [5.41, 5.74) is 3.22. The number of aryl methyl sites for hydroxylation is 2. The fourth-order valence-corrected chi connectivity index (χ4v) is 2.22. The SMILES string of the molecule is Cc1cccc(CNC(=O)NCCOc2ccc(Cl)c(C)c2)c1. The molecule has 0 bridgehead atoms. The molecule has 2 rings (SSSR count). The minimum atomic E-state index is -0.206. The second-order valence-corrected chi connectivity index (χ2v) is 5.77. The second kappa shape index (κ2) is 8.44. The number of ether oxygens (including phenoxy) is 1. The van der Waals surface area contributed by atoms with Crippen LogP contribution in [0, 0.1) is 13.8 Å². The van der Waals surface area contributed by atoms with Crippen molar-refractivity contribution in [3.63, 3.8) is 0 Å². The van der Waals surface area contributed by atoms with E-state index in [2.05, 4.69) is 10.6 Å². The van der Waals surface area contributed by atoms with Gasteiger partial charge < -0.3 is 15.4 Å². The first kappa shape index (κ1) is 17.2. The van der Waals surface area contributed by atoms with Crippen LogP contribution in [0.2, 0.25) is 5.02 Å². The molecule has 2 aromatic carbocycles. The van der Waals surface area contributed by atoms with Gasteiger partial charge >= 0.3 is 6.03 Å². The zero-order chi connectivity index (χ0) is 16.7. The van der Waals surface area contributed by atoms with Crippen molar-refractivity contribution >= 4 is 17.6 Å². The Bertz CT molecular complexity index is 674. The van der Waals surface area contributed by atoms with Gasteiger partial charge in [-0.3, -0.25) is 0 Å². The molecule has 0 spiro atoms. The van der Waals surface area contributed by atoms with Gasteiger partial charge in [0.05, 0.1) is 6.54 Å². The number of carbonyl (C=O) groups excluding carboxylic acids is 1. The highest BCUT2D eigenvalue weighted by Crippen LogP contribution is 2.20. The molecule has 0 unspecified atom stereocenters. The number of benzene rings is 2. The molecular formula is C18H21ClN2O2. The number of nitrogens with one attached hydrogen (secondary N) is 2. The molecule has 2 N–H and O–H groups in total. The van der Waals surface area contributed by atoms with Gasteiger partial charge in [-0.2, -0.15) is 0 Å². The fraction of sp³-hybridized carbons (Fsp3) is 0.278. The van der Waals surface area contributed by atoms with Gasteiger partial charge in [-0.15, -0.1) is 0 Å². The van der Waals surface area contributed by atoms with Gasteiger partial charge in [-0.05, 0) is 43.2 Å². The number of urea groups is 1. The predicted octanol–water partition coefficient (Wildman–Crippen LogP) is 3.84. The summed E-state index contributed by atoms with van der Waals surface area (Å²) in [6.45, 7) is 5.29. The summed E-state index contributed by atoms with van der Waals surface area (Å²) in [6, 6.07) is 13.3. The predicted molar refractivity (Wildman–Crippen MR) is 93.1 cm³/mol. The normalized spacial score (nSPS) is 10.2. The average molecular weight is 333 g/mol. The molecule has 0 atom stereocenters. The van der Waals surface area contributed by atoms with E-state index in [0.29, 0.717) is 24.7 Å². The summed E-state index contributed by atoms with van der Waals surface area (Å²) >= 11 is 5.96. The highest BCUT2D eigenvalue weighted by Gasteiger charge is 2.02. The van der Waals surface area contributed by atoms with Crippen LogP contribution in [0.1, 0.15) is 16.7 Å². The third-order valence-corrected chi connectivity index (χ3v) is 3.75. The van der Waals surface area contributed by atoms with Crippen LogP contribution in [-0.4, -0.2) is 19.2 Å². The molecule has 0 aliphatic rings. The zero-order valence-corrected chi connectivity index (χ0v) is 14.1. The molecule has 122 valence electrons. The average Bonchev–Trinajstić information content (AvgIpc) is 2.53. The molecule has 4 nitrogen and oxygen atoms in total. The number of halogens is 1. The Morgan fingerprint density at radius 3 is 2.70 bits per heavy atom. The Labute approximate surface area is 141 Å². The van der Waals surface area contributed by atoms with Crippen molar-refractivity contribution in [2.75, 3.05) is 13.2 Å². The standard InChI is InChI=1S/C18H21ClN2O2/c1-13-4-3-5-15(10-13)12-21-18(22)20-8-9-23-16-6-7-17(19)14(2)11-16/h3-7,10-11H,8-9,12H2,1-2H3,(H2,20,21,22). The number of hydrogen-bond acceptors (Lipinski definition) is 2. The monoisotopic (exact) mass is 332 g/mol. The number of rotatable bonds is 6. The number of carbonyl (C=O) groups is 1. The molecule has 5 heteroatoms. The van der Waals surface area contributed by atoms with Crippen molar-refractivity contribution in [2.24, 2.45) is 0 Å². The number of hydrogen-bond donors (Lipinski definition) is 2. The first-order chi connectivity index (χ1) is 11.0. The van der Waals surface area contributed by atoms with E-state index >= 15 is 0 Å². The molecule has 2 amide bonds. The molecule has 23 heavy (non-hydrogen) atoms. The van der Waals surface area contributed by atoms with Gasteiger partial charge in [0, 0.05) is 11.6 Å².